The Balaban J connectivity index is 1.30. The van der Waals surface area contributed by atoms with Crippen LogP contribution in [0.3, 0.4) is 0 Å². The molecule has 0 spiro atoms. The quantitative estimate of drug-likeness (QED) is 0.547. The molecule has 0 radical (unpaired) electrons. The third-order valence-corrected chi connectivity index (χ3v) is 6.34. The van der Waals surface area contributed by atoms with Gasteiger partial charge in [0.05, 0.1) is 37.9 Å². The second-order valence-corrected chi connectivity index (χ2v) is 10.4. The van der Waals surface area contributed by atoms with Crippen LogP contribution in [-0.2, 0) is 27.1 Å². The molecule has 1 saturated heterocycles. The fraction of sp³-hybridized carbons (Fsp3) is 0.560. The highest BCUT2D eigenvalue weighted by Gasteiger charge is 2.39. The van der Waals surface area contributed by atoms with E-state index < -0.39 is 29.3 Å². The molecule has 0 unspecified atom stereocenters. The van der Waals surface area contributed by atoms with Crippen LogP contribution in [0, 0.1) is 5.82 Å². The molecule has 3 aliphatic rings. The van der Waals surface area contributed by atoms with Crippen molar-refractivity contribution in [1.82, 2.24) is 14.7 Å². The Labute approximate surface area is 211 Å². The molecule has 0 bridgehead atoms. The van der Waals surface area contributed by atoms with E-state index >= 15 is 0 Å². The lowest BCUT2D eigenvalue weighted by Gasteiger charge is -2.44. The van der Waals surface area contributed by atoms with E-state index in [0.717, 1.165) is 17.8 Å². The number of hydrogen-bond donors (Lipinski definition) is 0. The smallest absolute Gasteiger partial charge is 0.416 e. The number of ketones is 1. The summed E-state index contributed by atoms with van der Waals surface area (Å²) in [5.74, 6) is -1.13. The maximum absolute atomic E-state index is 14.0. The van der Waals surface area contributed by atoms with Crippen molar-refractivity contribution in [2.24, 2.45) is 0 Å². The van der Waals surface area contributed by atoms with Crippen LogP contribution in [0.25, 0.3) is 0 Å². The van der Waals surface area contributed by atoms with Gasteiger partial charge in [0.15, 0.2) is 5.78 Å². The molecule has 12 heteroatoms. The van der Waals surface area contributed by atoms with Gasteiger partial charge in [-0.05, 0) is 38.5 Å². The van der Waals surface area contributed by atoms with E-state index in [4.69, 9.17) is 9.47 Å². The lowest BCUT2D eigenvalue weighted by molar-refractivity contribution is -0.137. The number of Topliss-reactive ketones (excluding diaryl/α,β-unsaturated/α-hetero) is 1. The zero-order valence-corrected chi connectivity index (χ0v) is 20.9. The van der Waals surface area contributed by atoms with Crippen LogP contribution in [0.4, 0.5) is 27.2 Å². The minimum absolute atomic E-state index is 0.00443. The fourth-order valence-electron chi connectivity index (χ4n) is 4.47. The molecular formula is C25H29F4N3O5. The molecule has 3 aliphatic heterocycles. The molecule has 37 heavy (non-hydrogen) atoms. The van der Waals surface area contributed by atoms with Crippen LogP contribution >= 0.6 is 0 Å². The van der Waals surface area contributed by atoms with Crippen molar-refractivity contribution in [2.45, 2.75) is 58.1 Å². The third kappa shape index (κ3) is 6.23. The van der Waals surface area contributed by atoms with E-state index in [1.54, 1.807) is 30.6 Å². The maximum atomic E-state index is 14.0. The molecule has 202 valence electrons. The van der Waals surface area contributed by atoms with Crippen LogP contribution in [0.1, 0.15) is 44.7 Å². The van der Waals surface area contributed by atoms with Gasteiger partial charge in [-0.3, -0.25) is 9.69 Å². The van der Waals surface area contributed by atoms with Gasteiger partial charge < -0.3 is 19.3 Å². The van der Waals surface area contributed by atoms with Crippen molar-refractivity contribution in [3.8, 4) is 0 Å². The molecule has 0 atom stereocenters. The van der Waals surface area contributed by atoms with E-state index in [0.29, 0.717) is 24.6 Å². The molecule has 0 aliphatic carbocycles. The highest BCUT2D eigenvalue weighted by atomic mass is 19.4. The average Bonchev–Trinajstić information content (AvgIpc) is 2.75. The van der Waals surface area contributed by atoms with Gasteiger partial charge in [0, 0.05) is 37.2 Å². The minimum atomic E-state index is -4.63. The summed E-state index contributed by atoms with van der Waals surface area (Å²) in [6.07, 6.45) is -5.00. The molecule has 3 heterocycles. The highest BCUT2D eigenvalue weighted by Crippen LogP contribution is 2.32. The highest BCUT2D eigenvalue weighted by molar-refractivity contribution is 5.89. The summed E-state index contributed by atoms with van der Waals surface area (Å²) >= 11 is 0. The summed E-state index contributed by atoms with van der Waals surface area (Å²) in [5, 5.41) is 0. The van der Waals surface area contributed by atoms with Crippen LogP contribution < -0.4 is 0 Å². The zero-order valence-electron chi connectivity index (χ0n) is 20.9. The third-order valence-electron chi connectivity index (χ3n) is 6.34. The van der Waals surface area contributed by atoms with Crippen LogP contribution in [0.2, 0.25) is 0 Å². The largest absolute Gasteiger partial charge is 0.443 e. The lowest BCUT2D eigenvalue weighted by Crippen LogP contribution is -2.59. The van der Waals surface area contributed by atoms with Crippen molar-refractivity contribution >= 4 is 17.9 Å². The lowest BCUT2D eigenvalue weighted by atomic mass is 9.95. The van der Waals surface area contributed by atoms with Gasteiger partial charge in [-0.15, -0.1) is 0 Å². The molecule has 1 fully saturated rings. The van der Waals surface area contributed by atoms with Gasteiger partial charge in [-0.25, -0.2) is 14.0 Å². The Kier molecular flexibility index (Phi) is 7.24. The molecular weight excluding hydrogens is 498 g/mol. The van der Waals surface area contributed by atoms with E-state index in [1.165, 1.54) is 4.90 Å². The Hall–Kier alpha value is -3.15. The van der Waals surface area contributed by atoms with Gasteiger partial charge in [-0.1, -0.05) is 6.07 Å². The van der Waals surface area contributed by atoms with Gasteiger partial charge >= 0.3 is 18.3 Å². The van der Waals surface area contributed by atoms with Crippen LogP contribution in [0.15, 0.2) is 29.5 Å². The maximum Gasteiger partial charge on any atom is 0.416 e. The number of ether oxygens (including phenoxy) is 2. The average molecular weight is 528 g/mol. The number of nitrogens with zero attached hydrogens (tertiary/aromatic N) is 3. The second kappa shape index (κ2) is 9.96. The van der Waals surface area contributed by atoms with Crippen molar-refractivity contribution in [3.05, 3.63) is 46.4 Å². The molecule has 4 rings (SSSR count). The SMILES string of the molecule is CC(C)(C)OC(=O)N1CC(=O)CC2=C1CCN(C(=O)N1CC(OCc3ccc(C(F)(F)F)cc3F)C1)C2. The monoisotopic (exact) mass is 527 g/mol. The van der Waals surface area contributed by atoms with Crippen LogP contribution in [-0.4, -0.2) is 77.0 Å². The number of likely N-dealkylation sites (tertiary alicyclic amines) is 1. The number of carbonyl (C=O) groups is 3. The molecule has 3 amide bonds. The summed E-state index contributed by atoms with van der Waals surface area (Å²) < 4.78 is 63.1. The molecule has 0 saturated carbocycles. The Morgan fingerprint density at radius 3 is 2.41 bits per heavy atom. The standard InChI is InChI=1S/C25H29F4N3O5/c1-24(2,3)37-23(35)32-11-18(33)8-16-10-30(7-6-21(16)32)22(34)31-12-19(13-31)36-14-15-4-5-17(9-20(15)26)25(27,28)29/h4-5,9,19H,6-8,10-14H2,1-3H3. The number of hydrogen-bond acceptors (Lipinski definition) is 5. The summed E-state index contributed by atoms with van der Waals surface area (Å²) in [6.45, 7) is 6.08. The van der Waals surface area contributed by atoms with Gasteiger partial charge in [0.25, 0.3) is 0 Å². The van der Waals surface area contributed by atoms with E-state index in [-0.39, 0.29) is 62.7 Å². The Morgan fingerprint density at radius 2 is 1.78 bits per heavy atom. The second-order valence-electron chi connectivity index (χ2n) is 10.4. The predicted molar refractivity (Wildman–Crippen MR) is 123 cm³/mol. The molecule has 8 nitrogen and oxygen atoms in total. The summed E-state index contributed by atoms with van der Waals surface area (Å²) in [5.41, 5.74) is -0.328. The van der Waals surface area contributed by atoms with Crippen LogP contribution in [0.5, 0.6) is 0 Å². The Morgan fingerprint density at radius 1 is 1.08 bits per heavy atom. The topological polar surface area (TPSA) is 79.4 Å². The van der Waals surface area contributed by atoms with Gasteiger partial charge in [-0.2, -0.15) is 13.2 Å². The van der Waals surface area contributed by atoms with E-state index in [9.17, 15) is 31.9 Å². The zero-order chi connectivity index (χ0) is 27.1. The summed E-state index contributed by atoms with van der Waals surface area (Å²) in [4.78, 5) is 42.4. The number of benzene rings is 1. The van der Waals surface area contributed by atoms with Crippen molar-refractivity contribution in [1.29, 1.82) is 0 Å². The number of carbonyl (C=O) groups excluding carboxylic acids is 3. The fourth-order valence-corrected chi connectivity index (χ4v) is 4.47. The first kappa shape index (κ1) is 26.9. The van der Waals surface area contributed by atoms with Crippen molar-refractivity contribution < 1.29 is 41.4 Å². The first-order chi connectivity index (χ1) is 17.2. The first-order valence-electron chi connectivity index (χ1n) is 12.0. The Bertz CT molecular complexity index is 1120. The first-order valence-corrected chi connectivity index (χ1v) is 12.0. The molecule has 1 aromatic rings. The molecule has 0 N–H and O–H groups in total. The van der Waals surface area contributed by atoms with Gasteiger partial charge in [0.1, 0.15) is 11.4 Å². The number of alkyl halides is 3. The van der Waals surface area contributed by atoms with Gasteiger partial charge in [0.2, 0.25) is 0 Å². The van der Waals surface area contributed by atoms with E-state index in [1.807, 2.05) is 0 Å². The van der Waals surface area contributed by atoms with Crippen molar-refractivity contribution in [2.75, 3.05) is 32.7 Å². The minimum Gasteiger partial charge on any atom is -0.443 e. The summed E-state index contributed by atoms with van der Waals surface area (Å²) in [6, 6.07) is 2.05. The number of halogens is 4. The normalized spacial score (nSPS) is 19.1. The number of rotatable bonds is 3. The van der Waals surface area contributed by atoms with Crippen molar-refractivity contribution in [3.63, 3.8) is 0 Å². The summed E-state index contributed by atoms with van der Waals surface area (Å²) in [7, 11) is 0. The number of urea groups is 1. The molecule has 0 aromatic heterocycles. The van der Waals surface area contributed by atoms with E-state index in [2.05, 4.69) is 0 Å². The molecule has 1 aromatic carbocycles. The number of amides is 3. The predicted octanol–water partition coefficient (Wildman–Crippen LogP) is 4.34.